The molecule has 2 aromatic rings. The number of benzene rings is 1. The molecule has 0 N–H and O–H groups in total. The highest BCUT2D eigenvalue weighted by Gasteiger charge is 2.05. The Bertz CT molecular complexity index is 534. The summed E-state index contributed by atoms with van der Waals surface area (Å²) in [7, 11) is 1.71. The summed E-state index contributed by atoms with van der Waals surface area (Å²) in [6, 6.07) is 6.30. The van der Waals surface area contributed by atoms with E-state index in [1.807, 2.05) is 16.9 Å². The zero-order chi connectivity index (χ0) is 13.7. The van der Waals surface area contributed by atoms with Gasteiger partial charge in [-0.05, 0) is 49.4 Å². The molecule has 2 rings (SSSR count). The van der Waals surface area contributed by atoms with E-state index in [0.29, 0.717) is 0 Å². The van der Waals surface area contributed by atoms with E-state index in [4.69, 9.17) is 4.74 Å². The second-order valence-corrected chi connectivity index (χ2v) is 4.55. The van der Waals surface area contributed by atoms with Crippen LogP contribution in [0.4, 0.5) is 0 Å². The van der Waals surface area contributed by atoms with Crippen molar-refractivity contribution in [2.45, 2.75) is 39.7 Å². The van der Waals surface area contributed by atoms with Gasteiger partial charge in [0.1, 0.15) is 5.75 Å². The van der Waals surface area contributed by atoms with Crippen molar-refractivity contribution >= 4 is 0 Å². The fraction of sp³-hybridized carbons (Fsp3) is 0.467. The fourth-order valence-electron chi connectivity index (χ4n) is 2.17. The average molecular weight is 259 g/mol. The molecule has 1 aromatic carbocycles. The molecule has 1 heterocycles. The van der Waals surface area contributed by atoms with Gasteiger partial charge < -0.3 is 4.74 Å². The van der Waals surface area contributed by atoms with Crippen LogP contribution in [0.2, 0.25) is 0 Å². The second-order valence-electron chi connectivity index (χ2n) is 4.55. The molecule has 0 aliphatic carbocycles. The molecule has 0 radical (unpaired) electrons. The second kappa shape index (κ2) is 6.36. The molecule has 1 aromatic heterocycles. The molecule has 0 saturated heterocycles. The van der Waals surface area contributed by atoms with Crippen LogP contribution in [0.1, 0.15) is 30.7 Å². The van der Waals surface area contributed by atoms with Gasteiger partial charge in [0.15, 0.2) is 0 Å². The van der Waals surface area contributed by atoms with Gasteiger partial charge in [-0.25, -0.2) is 0 Å². The predicted octanol–water partition coefficient (Wildman–Crippen LogP) is 2.65. The van der Waals surface area contributed by atoms with Crippen LogP contribution >= 0.6 is 0 Å². The number of hydrogen-bond donors (Lipinski definition) is 0. The van der Waals surface area contributed by atoms with Crippen LogP contribution in [-0.2, 0) is 25.8 Å². The Morgan fingerprint density at radius 3 is 2.63 bits per heavy atom. The summed E-state index contributed by atoms with van der Waals surface area (Å²) in [6.45, 7) is 5.11. The predicted molar refractivity (Wildman–Crippen MR) is 75.5 cm³/mol. The molecule has 4 heteroatoms. The molecule has 0 spiro atoms. The lowest BCUT2D eigenvalue weighted by atomic mass is 10.00. The number of hydrogen-bond acceptors (Lipinski definition) is 3. The van der Waals surface area contributed by atoms with Crippen LogP contribution < -0.4 is 4.74 Å². The number of methoxy groups -OCH3 is 1. The molecule has 0 fully saturated rings. The topological polar surface area (TPSA) is 39.9 Å². The van der Waals surface area contributed by atoms with Crippen molar-refractivity contribution < 1.29 is 4.74 Å². The van der Waals surface area contributed by atoms with Gasteiger partial charge in [-0.1, -0.05) is 18.2 Å². The molecule has 19 heavy (non-hydrogen) atoms. The van der Waals surface area contributed by atoms with Crippen molar-refractivity contribution in [2.75, 3.05) is 7.11 Å². The van der Waals surface area contributed by atoms with E-state index < -0.39 is 0 Å². The molecule has 0 unspecified atom stereocenters. The maximum absolute atomic E-state index is 5.27. The first kappa shape index (κ1) is 13.6. The molecule has 0 saturated carbocycles. The monoisotopic (exact) mass is 259 g/mol. The van der Waals surface area contributed by atoms with Gasteiger partial charge in [0.2, 0.25) is 0 Å². The van der Waals surface area contributed by atoms with Crippen LogP contribution in [0.25, 0.3) is 0 Å². The Morgan fingerprint density at radius 1 is 1.16 bits per heavy atom. The summed E-state index contributed by atoms with van der Waals surface area (Å²) in [5, 5.41) is 8.24. The molecule has 0 aliphatic rings. The van der Waals surface area contributed by atoms with E-state index in [1.165, 1.54) is 11.1 Å². The van der Waals surface area contributed by atoms with Crippen molar-refractivity contribution in [2.24, 2.45) is 0 Å². The smallest absolute Gasteiger partial charge is 0.119 e. The Morgan fingerprint density at radius 2 is 2.00 bits per heavy atom. The molecule has 0 aliphatic heterocycles. The Kier molecular flexibility index (Phi) is 4.55. The van der Waals surface area contributed by atoms with E-state index in [2.05, 4.69) is 36.3 Å². The zero-order valence-electron chi connectivity index (χ0n) is 11.9. The maximum Gasteiger partial charge on any atom is 0.119 e. The van der Waals surface area contributed by atoms with Gasteiger partial charge in [0, 0.05) is 12.7 Å². The molecule has 0 atom stereocenters. The number of aryl methyl sites for hydroxylation is 4. The van der Waals surface area contributed by atoms with Gasteiger partial charge in [-0.3, -0.25) is 4.68 Å². The standard InChI is InChI=1S/C15H21N3O/c1-4-12-10-15(19-3)9-7-13(12)6-8-14-11-18(5-2)17-16-14/h7,9-11H,4-6,8H2,1-3H3. The third-order valence-corrected chi connectivity index (χ3v) is 3.35. The van der Waals surface area contributed by atoms with Crippen molar-refractivity contribution in [1.82, 2.24) is 15.0 Å². The van der Waals surface area contributed by atoms with Crippen molar-refractivity contribution in [3.63, 3.8) is 0 Å². The normalized spacial score (nSPS) is 10.7. The lowest BCUT2D eigenvalue weighted by molar-refractivity contribution is 0.414. The van der Waals surface area contributed by atoms with E-state index in [-0.39, 0.29) is 0 Å². The SMILES string of the molecule is CCc1cc(OC)ccc1CCc1cn(CC)nn1. The Balaban J connectivity index is 2.06. The minimum Gasteiger partial charge on any atom is -0.497 e. The highest BCUT2D eigenvalue weighted by molar-refractivity contribution is 5.36. The van der Waals surface area contributed by atoms with E-state index in [9.17, 15) is 0 Å². The quantitative estimate of drug-likeness (QED) is 0.800. The summed E-state index contributed by atoms with van der Waals surface area (Å²) >= 11 is 0. The van der Waals surface area contributed by atoms with E-state index >= 15 is 0 Å². The van der Waals surface area contributed by atoms with Crippen LogP contribution in [0.15, 0.2) is 24.4 Å². The molecular weight excluding hydrogens is 238 g/mol. The summed E-state index contributed by atoms with van der Waals surface area (Å²) in [5.74, 6) is 0.928. The Hall–Kier alpha value is -1.84. The van der Waals surface area contributed by atoms with Gasteiger partial charge in [-0.15, -0.1) is 5.10 Å². The van der Waals surface area contributed by atoms with Crippen LogP contribution in [-0.4, -0.2) is 22.1 Å². The molecule has 0 bridgehead atoms. The zero-order valence-corrected chi connectivity index (χ0v) is 11.9. The molecule has 4 nitrogen and oxygen atoms in total. The van der Waals surface area contributed by atoms with Crippen LogP contribution in [0.5, 0.6) is 5.75 Å². The first-order valence-electron chi connectivity index (χ1n) is 6.81. The van der Waals surface area contributed by atoms with Crippen LogP contribution in [0.3, 0.4) is 0 Å². The lowest BCUT2D eigenvalue weighted by Gasteiger charge is -2.09. The highest BCUT2D eigenvalue weighted by Crippen LogP contribution is 2.19. The first-order chi connectivity index (χ1) is 9.26. The lowest BCUT2D eigenvalue weighted by Crippen LogP contribution is -1.98. The van der Waals surface area contributed by atoms with Gasteiger partial charge >= 0.3 is 0 Å². The molecular formula is C15H21N3O. The third kappa shape index (κ3) is 3.34. The number of ether oxygens (including phenoxy) is 1. The highest BCUT2D eigenvalue weighted by atomic mass is 16.5. The number of aromatic nitrogens is 3. The summed E-state index contributed by atoms with van der Waals surface area (Å²) < 4.78 is 7.13. The maximum atomic E-state index is 5.27. The van der Waals surface area contributed by atoms with Gasteiger partial charge in [-0.2, -0.15) is 0 Å². The summed E-state index contributed by atoms with van der Waals surface area (Å²) in [5.41, 5.74) is 3.77. The molecule has 102 valence electrons. The minimum absolute atomic E-state index is 0.871. The van der Waals surface area contributed by atoms with Crippen LogP contribution in [0, 0.1) is 0 Å². The van der Waals surface area contributed by atoms with E-state index in [1.54, 1.807) is 7.11 Å². The van der Waals surface area contributed by atoms with E-state index in [0.717, 1.165) is 37.3 Å². The Labute approximate surface area is 114 Å². The first-order valence-corrected chi connectivity index (χ1v) is 6.81. The summed E-state index contributed by atoms with van der Waals surface area (Å²) in [4.78, 5) is 0. The minimum atomic E-state index is 0.871. The van der Waals surface area contributed by atoms with Gasteiger partial charge in [0.25, 0.3) is 0 Å². The third-order valence-electron chi connectivity index (χ3n) is 3.35. The largest absolute Gasteiger partial charge is 0.497 e. The van der Waals surface area contributed by atoms with Crippen molar-refractivity contribution in [3.05, 3.63) is 41.2 Å². The number of rotatable bonds is 6. The van der Waals surface area contributed by atoms with Gasteiger partial charge in [0.05, 0.1) is 12.8 Å². The number of nitrogens with zero attached hydrogens (tertiary/aromatic N) is 3. The van der Waals surface area contributed by atoms with Crippen molar-refractivity contribution in [3.8, 4) is 5.75 Å². The fourth-order valence-corrected chi connectivity index (χ4v) is 2.17. The molecule has 0 amide bonds. The van der Waals surface area contributed by atoms with Crippen molar-refractivity contribution in [1.29, 1.82) is 0 Å². The average Bonchev–Trinajstić information content (AvgIpc) is 2.92. The summed E-state index contributed by atoms with van der Waals surface area (Å²) in [6.07, 6.45) is 4.97.